The van der Waals surface area contributed by atoms with Crippen molar-refractivity contribution in [1.82, 2.24) is 24.1 Å². The molecule has 3 heterocycles. The molecule has 3 aromatic heterocycles. The largest absolute Gasteiger partial charge is 0.508 e. The zero-order chi connectivity index (χ0) is 25.1. The molecule has 36 heavy (non-hydrogen) atoms. The molecule has 3 N–H and O–H groups in total. The smallest absolute Gasteiger partial charge is 0.306 e. The van der Waals surface area contributed by atoms with E-state index in [9.17, 15) is 17.9 Å². The van der Waals surface area contributed by atoms with E-state index in [0.717, 1.165) is 0 Å². The van der Waals surface area contributed by atoms with Gasteiger partial charge in [-0.3, -0.25) is 4.40 Å². The molecule has 0 spiro atoms. The van der Waals surface area contributed by atoms with Crippen molar-refractivity contribution < 1.29 is 22.3 Å². The second kappa shape index (κ2) is 9.76. The van der Waals surface area contributed by atoms with E-state index < -0.39 is 10.0 Å². The van der Waals surface area contributed by atoms with Crippen LogP contribution in [0.15, 0.2) is 82.6 Å². The predicted molar refractivity (Wildman–Crippen MR) is 130 cm³/mol. The van der Waals surface area contributed by atoms with Crippen LogP contribution < -0.4 is 10.0 Å². The van der Waals surface area contributed by atoms with Crippen molar-refractivity contribution in [3.8, 4) is 28.4 Å². The average Bonchev–Trinajstić information content (AvgIpc) is 3.46. The van der Waals surface area contributed by atoms with Crippen LogP contribution >= 0.6 is 0 Å². The molecule has 0 saturated carbocycles. The van der Waals surface area contributed by atoms with Crippen LogP contribution in [0.2, 0.25) is 0 Å². The Labute approximate surface area is 205 Å². The van der Waals surface area contributed by atoms with Crippen molar-refractivity contribution in [2.75, 3.05) is 18.4 Å². The minimum absolute atomic E-state index is 0.00500. The molecule has 12 heteroatoms. The molecular weight excluding hydrogens is 487 g/mol. The van der Waals surface area contributed by atoms with Gasteiger partial charge in [-0.15, -0.1) is 0 Å². The summed E-state index contributed by atoms with van der Waals surface area (Å²) >= 11 is 0. The number of imidazole rings is 1. The number of sulfonamides is 1. The standard InChI is InChI=1S/C24H21FN6O4S/c25-17-4-2-16(3-5-17)21-22(31-14-15-35-24(31)30-21)20-10-13-27-23(29-20)26-11-1-12-28-36(33,34)19-8-6-18(32)7-9-19/h2-10,13-15,28,32H,1,11-12H2,(H,26,27,29). The fraction of sp³-hybridized carbons (Fsp3) is 0.125. The summed E-state index contributed by atoms with van der Waals surface area (Å²) in [4.78, 5) is 13.4. The first kappa shape index (κ1) is 23.5. The minimum Gasteiger partial charge on any atom is -0.508 e. The van der Waals surface area contributed by atoms with Crippen LogP contribution in [-0.4, -0.2) is 46.0 Å². The van der Waals surface area contributed by atoms with E-state index in [1.807, 2.05) is 0 Å². The number of fused-ring (bicyclic) bond motifs is 1. The predicted octanol–water partition coefficient (Wildman–Crippen LogP) is 3.68. The lowest BCUT2D eigenvalue weighted by molar-refractivity contribution is 0.474. The molecule has 0 unspecified atom stereocenters. The normalized spacial score (nSPS) is 11.7. The topological polar surface area (TPSA) is 135 Å². The average molecular weight is 509 g/mol. The second-order valence-electron chi connectivity index (χ2n) is 7.81. The number of oxazole rings is 1. The third-order valence-corrected chi connectivity index (χ3v) is 6.83. The first-order chi connectivity index (χ1) is 17.4. The molecule has 0 fully saturated rings. The Bertz CT molecular complexity index is 1600. The van der Waals surface area contributed by atoms with Crippen LogP contribution in [0.3, 0.4) is 0 Å². The van der Waals surface area contributed by atoms with E-state index in [2.05, 4.69) is 25.0 Å². The van der Waals surface area contributed by atoms with Crippen molar-refractivity contribution in [1.29, 1.82) is 0 Å². The molecule has 5 rings (SSSR count). The number of halogens is 1. The van der Waals surface area contributed by atoms with Gasteiger partial charge in [0.05, 0.1) is 10.6 Å². The van der Waals surface area contributed by atoms with E-state index in [1.165, 1.54) is 42.7 Å². The van der Waals surface area contributed by atoms with Gasteiger partial charge < -0.3 is 14.8 Å². The van der Waals surface area contributed by atoms with Crippen molar-refractivity contribution in [2.24, 2.45) is 0 Å². The number of aromatic nitrogens is 4. The number of phenolic OH excluding ortho intramolecular Hbond substituents is 1. The quantitative estimate of drug-likeness (QED) is 0.257. The van der Waals surface area contributed by atoms with Gasteiger partial charge in [-0.05, 0) is 61.0 Å². The summed E-state index contributed by atoms with van der Waals surface area (Å²) in [6, 6.07) is 13.1. The fourth-order valence-electron chi connectivity index (χ4n) is 3.62. The van der Waals surface area contributed by atoms with E-state index in [4.69, 9.17) is 4.42 Å². The Hall–Kier alpha value is -4.29. The molecule has 0 aliphatic carbocycles. The maximum Gasteiger partial charge on any atom is 0.306 e. The maximum atomic E-state index is 13.4. The van der Waals surface area contributed by atoms with Crippen molar-refractivity contribution in [3.05, 3.63) is 79.1 Å². The number of phenols is 1. The number of benzene rings is 2. The number of hydrogen-bond acceptors (Lipinski definition) is 8. The van der Waals surface area contributed by atoms with Gasteiger partial charge in [0.15, 0.2) is 0 Å². The Kier molecular flexibility index (Phi) is 6.36. The zero-order valence-corrected chi connectivity index (χ0v) is 19.6. The summed E-state index contributed by atoms with van der Waals surface area (Å²) in [7, 11) is -3.67. The Morgan fingerprint density at radius 3 is 2.56 bits per heavy atom. The van der Waals surface area contributed by atoms with Crippen molar-refractivity contribution in [2.45, 2.75) is 11.3 Å². The molecule has 0 bridgehead atoms. The first-order valence-electron chi connectivity index (χ1n) is 11.0. The summed E-state index contributed by atoms with van der Waals surface area (Å²) in [6.07, 6.45) is 5.32. The Balaban J connectivity index is 1.27. The van der Waals surface area contributed by atoms with Crippen LogP contribution in [0.25, 0.3) is 28.5 Å². The molecule has 2 aromatic carbocycles. The number of aromatic hydroxyl groups is 1. The first-order valence-corrected chi connectivity index (χ1v) is 12.5. The van der Waals surface area contributed by atoms with Crippen molar-refractivity contribution in [3.63, 3.8) is 0 Å². The van der Waals surface area contributed by atoms with Crippen LogP contribution in [-0.2, 0) is 10.0 Å². The number of nitrogens with one attached hydrogen (secondary N) is 2. The third kappa shape index (κ3) is 4.90. The molecular formula is C24H21FN6O4S. The summed E-state index contributed by atoms with van der Waals surface area (Å²) < 4.78 is 47.8. The molecule has 5 aromatic rings. The molecule has 0 saturated heterocycles. The lowest BCUT2D eigenvalue weighted by atomic mass is 10.1. The molecule has 0 atom stereocenters. The maximum absolute atomic E-state index is 13.4. The van der Waals surface area contributed by atoms with Crippen LogP contribution in [0.4, 0.5) is 10.3 Å². The highest BCUT2D eigenvalue weighted by Gasteiger charge is 2.19. The summed E-state index contributed by atoms with van der Waals surface area (Å²) in [6.45, 7) is 0.614. The molecule has 0 amide bonds. The Morgan fingerprint density at radius 2 is 1.78 bits per heavy atom. The van der Waals surface area contributed by atoms with Gasteiger partial charge >= 0.3 is 5.84 Å². The number of nitrogens with zero attached hydrogens (tertiary/aromatic N) is 4. The van der Waals surface area contributed by atoms with E-state index in [0.29, 0.717) is 47.4 Å². The molecule has 0 aliphatic rings. The van der Waals surface area contributed by atoms with Gasteiger partial charge in [0.2, 0.25) is 16.0 Å². The lowest BCUT2D eigenvalue weighted by Gasteiger charge is -2.09. The van der Waals surface area contributed by atoms with E-state index in [1.54, 1.807) is 35.0 Å². The monoisotopic (exact) mass is 508 g/mol. The SMILES string of the molecule is O=S(=O)(NCCCNc1nccc(-c2c(-c3ccc(F)cc3)nc3occn23)n1)c1ccc(O)cc1. The van der Waals surface area contributed by atoms with E-state index in [-0.39, 0.29) is 23.0 Å². The van der Waals surface area contributed by atoms with Gasteiger partial charge in [-0.2, -0.15) is 4.98 Å². The summed E-state index contributed by atoms with van der Waals surface area (Å²) in [5.74, 6) is 0.382. The van der Waals surface area contributed by atoms with Crippen LogP contribution in [0.5, 0.6) is 5.75 Å². The fourth-order valence-corrected chi connectivity index (χ4v) is 4.69. The highest BCUT2D eigenvalue weighted by atomic mass is 32.2. The number of anilines is 1. The second-order valence-corrected chi connectivity index (χ2v) is 9.58. The van der Waals surface area contributed by atoms with E-state index >= 15 is 0 Å². The highest BCUT2D eigenvalue weighted by molar-refractivity contribution is 7.89. The number of hydrogen-bond donors (Lipinski definition) is 3. The van der Waals surface area contributed by atoms with Gasteiger partial charge in [0.25, 0.3) is 0 Å². The minimum atomic E-state index is -3.67. The molecule has 10 nitrogen and oxygen atoms in total. The van der Waals surface area contributed by atoms with Crippen LogP contribution in [0.1, 0.15) is 6.42 Å². The molecule has 184 valence electrons. The Morgan fingerprint density at radius 1 is 1.00 bits per heavy atom. The van der Waals surface area contributed by atoms with Gasteiger partial charge in [-0.25, -0.2) is 27.5 Å². The van der Waals surface area contributed by atoms with Crippen LogP contribution in [0, 0.1) is 5.82 Å². The lowest BCUT2D eigenvalue weighted by Crippen LogP contribution is -2.26. The molecule has 0 aliphatic heterocycles. The van der Waals surface area contributed by atoms with Gasteiger partial charge in [0.1, 0.15) is 29.2 Å². The van der Waals surface area contributed by atoms with Gasteiger partial charge in [-0.1, -0.05) is 0 Å². The summed E-state index contributed by atoms with van der Waals surface area (Å²) in [5, 5.41) is 12.4. The third-order valence-electron chi connectivity index (χ3n) is 5.35. The summed E-state index contributed by atoms with van der Waals surface area (Å²) in [5.41, 5.74) is 2.54. The van der Waals surface area contributed by atoms with Gasteiger partial charge in [0, 0.05) is 31.0 Å². The zero-order valence-electron chi connectivity index (χ0n) is 18.8. The molecule has 0 radical (unpaired) electrons. The number of rotatable bonds is 9. The highest BCUT2D eigenvalue weighted by Crippen LogP contribution is 2.32. The van der Waals surface area contributed by atoms with Crippen molar-refractivity contribution >= 4 is 21.8 Å².